The van der Waals surface area contributed by atoms with Crippen LogP contribution >= 0.6 is 0 Å². The van der Waals surface area contributed by atoms with E-state index in [9.17, 15) is 20.2 Å². The zero-order valence-corrected chi connectivity index (χ0v) is 11.1. The van der Waals surface area contributed by atoms with E-state index in [0.717, 1.165) is 6.07 Å². The first-order valence-electron chi connectivity index (χ1n) is 6.03. The molecular formula is C13H9N5O4. The summed E-state index contributed by atoms with van der Waals surface area (Å²) in [4.78, 5) is 24.3. The number of pyridine rings is 1. The van der Waals surface area contributed by atoms with Crippen molar-refractivity contribution in [1.29, 1.82) is 5.26 Å². The van der Waals surface area contributed by atoms with Crippen molar-refractivity contribution in [2.24, 2.45) is 0 Å². The molecule has 0 atom stereocenters. The summed E-state index contributed by atoms with van der Waals surface area (Å²) in [6.07, 6.45) is 1.21. The summed E-state index contributed by atoms with van der Waals surface area (Å²) in [7, 11) is 0. The molecule has 1 aromatic heterocycles. The summed E-state index contributed by atoms with van der Waals surface area (Å²) in [5, 5.41) is 33.1. The molecule has 9 heteroatoms. The third-order valence-electron chi connectivity index (χ3n) is 2.77. The Morgan fingerprint density at radius 2 is 2.00 bits per heavy atom. The van der Waals surface area contributed by atoms with Crippen LogP contribution in [0.3, 0.4) is 0 Å². The molecule has 0 saturated heterocycles. The van der Waals surface area contributed by atoms with Crippen LogP contribution in [-0.4, -0.2) is 14.8 Å². The van der Waals surface area contributed by atoms with E-state index < -0.39 is 9.85 Å². The molecule has 1 aromatic carbocycles. The van der Waals surface area contributed by atoms with Crippen LogP contribution in [0.2, 0.25) is 0 Å². The fourth-order valence-corrected chi connectivity index (χ4v) is 1.76. The van der Waals surface area contributed by atoms with Crippen molar-refractivity contribution in [3.05, 3.63) is 67.9 Å². The number of hydrogen-bond donors (Lipinski definition) is 1. The van der Waals surface area contributed by atoms with Crippen LogP contribution in [0.4, 0.5) is 17.2 Å². The Balaban J connectivity index is 2.21. The van der Waals surface area contributed by atoms with Crippen LogP contribution in [0, 0.1) is 31.6 Å². The number of anilines is 1. The largest absolute Gasteiger partial charge is 0.360 e. The van der Waals surface area contributed by atoms with E-state index in [2.05, 4.69) is 10.3 Å². The summed E-state index contributed by atoms with van der Waals surface area (Å²) in [6.45, 7) is 0.126. The Morgan fingerprint density at radius 1 is 1.23 bits per heavy atom. The SMILES string of the molecule is N#Cc1cnc(NCc2cccc([N+](=O)[O-])c2)c([N+](=O)[O-])c1. The summed E-state index contributed by atoms with van der Waals surface area (Å²) in [6, 6.07) is 8.78. The van der Waals surface area contributed by atoms with E-state index >= 15 is 0 Å². The molecule has 0 spiro atoms. The van der Waals surface area contributed by atoms with Gasteiger partial charge in [-0.25, -0.2) is 4.98 Å². The van der Waals surface area contributed by atoms with Crippen LogP contribution < -0.4 is 5.32 Å². The number of non-ortho nitro benzene ring substituents is 1. The average Bonchev–Trinajstić information content (AvgIpc) is 2.52. The van der Waals surface area contributed by atoms with E-state index in [1.165, 1.54) is 24.4 Å². The maximum absolute atomic E-state index is 11.0. The molecule has 0 aliphatic heterocycles. The Bertz CT molecular complexity index is 784. The molecule has 2 aromatic rings. The molecule has 22 heavy (non-hydrogen) atoms. The number of nitriles is 1. The highest BCUT2D eigenvalue weighted by atomic mass is 16.6. The van der Waals surface area contributed by atoms with Crippen molar-refractivity contribution in [3.8, 4) is 6.07 Å². The van der Waals surface area contributed by atoms with Crippen LogP contribution in [-0.2, 0) is 6.54 Å². The second-order valence-corrected chi connectivity index (χ2v) is 4.24. The van der Waals surface area contributed by atoms with Gasteiger partial charge in [-0.2, -0.15) is 5.26 Å². The Hall–Kier alpha value is -3.54. The number of nitrogens with one attached hydrogen (secondary N) is 1. The Labute approximate surface area is 124 Å². The van der Waals surface area contributed by atoms with Gasteiger partial charge in [-0.1, -0.05) is 12.1 Å². The van der Waals surface area contributed by atoms with Gasteiger partial charge in [0.2, 0.25) is 5.82 Å². The maximum Gasteiger partial charge on any atom is 0.312 e. The highest BCUT2D eigenvalue weighted by Crippen LogP contribution is 2.23. The Morgan fingerprint density at radius 3 is 2.64 bits per heavy atom. The molecule has 110 valence electrons. The summed E-state index contributed by atoms with van der Waals surface area (Å²) in [5.74, 6) is -0.00416. The normalized spacial score (nSPS) is 9.77. The van der Waals surface area contributed by atoms with E-state index in [1.54, 1.807) is 12.1 Å². The van der Waals surface area contributed by atoms with Gasteiger partial charge in [0.1, 0.15) is 6.07 Å². The smallest absolute Gasteiger partial charge is 0.312 e. The molecule has 0 radical (unpaired) electrons. The molecule has 0 amide bonds. The number of nitrogens with zero attached hydrogens (tertiary/aromatic N) is 4. The monoisotopic (exact) mass is 299 g/mol. The highest BCUT2D eigenvalue weighted by molar-refractivity contribution is 5.58. The maximum atomic E-state index is 11.0. The molecule has 0 unspecified atom stereocenters. The predicted octanol–water partition coefficient (Wildman–Crippen LogP) is 2.38. The lowest BCUT2D eigenvalue weighted by molar-refractivity contribution is -0.384. The highest BCUT2D eigenvalue weighted by Gasteiger charge is 2.16. The molecule has 9 nitrogen and oxygen atoms in total. The van der Waals surface area contributed by atoms with Crippen molar-refractivity contribution >= 4 is 17.2 Å². The molecule has 0 saturated carbocycles. The first-order valence-corrected chi connectivity index (χ1v) is 6.03. The standard InChI is InChI=1S/C13H9N5O4/c14-6-10-5-12(18(21)22)13(16-8-10)15-7-9-2-1-3-11(4-9)17(19)20/h1-5,8H,7H2,(H,15,16). The van der Waals surface area contributed by atoms with Gasteiger partial charge in [0.05, 0.1) is 15.4 Å². The molecule has 2 rings (SSSR count). The van der Waals surface area contributed by atoms with Crippen molar-refractivity contribution in [2.45, 2.75) is 6.54 Å². The average molecular weight is 299 g/mol. The predicted molar refractivity (Wildman–Crippen MR) is 76.0 cm³/mol. The molecule has 0 aliphatic carbocycles. The van der Waals surface area contributed by atoms with Gasteiger partial charge >= 0.3 is 5.69 Å². The van der Waals surface area contributed by atoms with E-state index in [0.29, 0.717) is 5.56 Å². The zero-order valence-electron chi connectivity index (χ0n) is 11.1. The fraction of sp³-hybridized carbons (Fsp3) is 0.0769. The minimum absolute atomic E-state index is 0.00416. The molecule has 1 heterocycles. The number of hydrogen-bond acceptors (Lipinski definition) is 7. The second-order valence-electron chi connectivity index (χ2n) is 4.24. The third-order valence-corrected chi connectivity index (χ3v) is 2.77. The number of nitro benzene ring substituents is 1. The van der Waals surface area contributed by atoms with Crippen LogP contribution in [0.5, 0.6) is 0 Å². The van der Waals surface area contributed by atoms with Crippen LogP contribution in [0.15, 0.2) is 36.5 Å². The van der Waals surface area contributed by atoms with Crippen molar-refractivity contribution < 1.29 is 9.85 Å². The van der Waals surface area contributed by atoms with Gasteiger partial charge in [-0.05, 0) is 5.56 Å². The third kappa shape index (κ3) is 3.31. The molecule has 1 N–H and O–H groups in total. The summed E-state index contributed by atoms with van der Waals surface area (Å²) < 4.78 is 0. The van der Waals surface area contributed by atoms with Crippen LogP contribution in [0.25, 0.3) is 0 Å². The van der Waals surface area contributed by atoms with Gasteiger partial charge in [0.15, 0.2) is 0 Å². The van der Waals surface area contributed by atoms with E-state index in [-0.39, 0.29) is 29.3 Å². The number of aromatic nitrogens is 1. The minimum Gasteiger partial charge on any atom is -0.360 e. The number of nitro groups is 2. The number of rotatable bonds is 5. The van der Waals surface area contributed by atoms with Gasteiger partial charge in [0, 0.05) is 30.9 Å². The number of benzene rings is 1. The minimum atomic E-state index is -0.649. The zero-order chi connectivity index (χ0) is 16.1. The lowest BCUT2D eigenvalue weighted by Gasteiger charge is -2.06. The molecular weight excluding hydrogens is 290 g/mol. The first kappa shape index (κ1) is 14.9. The molecule has 0 bridgehead atoms. The van der Waals surface area contributed by atoms with E-state index in [1.807, 2.05) is 0 Å². The van der Waals surface area contributed by atoms with Crippen molar-refractivity contribution in [3.63, 3.8) is 0 Å². The second kappa shape index (κ2) is 6.27. The summed E-state index contributed by atoms with van der Waals surface area (Å²) >= 11 is 0. The summed E-state index contributed by atoms with van der Waals surface area (Å²) in [5.41, 5.74) is 0.258. The quantitative estimate of drug-likeness (QED) is 0.661. The van der Waals surface area contributed by atoms with Gasteiger partial charge in [-0.3, -0.25) is 20.2 Å². The molecule has 0 aliphatic rings. The Kier molecular flexibility index (Phi) is 4.24. The van der Waals surface area contributed by atoms with Gasteiger partial charge in [-0.15, -0.1) is 0 Å². The van der Waals surface area contributed by atoms with Crippen LogP contribution in [0.1, 0.15) is 11.1 Å². The molecule has 0 fully saturated rings. The first-order chi connectivity index (χ1) is 10.5. The lowest BCUT2D eigenvalue weighted by atomic mass is 10.2. The lowest BCUT2D eigenvalue weighted by Crippen LogP contribution is -2.05. The van der Waals surface area contributed by atoms with Gasteiger partial charge in [0.25, 0.3) is 5.69 Å². The van der Waals surface area contributed by atoms with E-state index in [4.69, 9.17) is 5.26 Å². The topological polar surface area (TPSA) is 135 Å². The van der Waals surface area contributed by atoms with Crippen molar-refractivity contribution in [2.75, 3.05) is 5.32 Å². The van der Waals surface area contributed by atoms with Crippen molar-refractivity contribution in [1.82, 2.24) is 4.98 Å². The fourth-order valence-electron chi connectivity index (χ4n) is 1.76. The van der Waals surface area contributed by atoms with Gasteiger partial charge < -0.3 is 5.32 Å².